The number of ether oxygens (including phenoxy) is 2. The minimum atomic E-state index is -0.334. The summed E-state index contributed by atoms with van der Waals surface area (Å²) in [6.45, 7) is 0.333. The molecule has 40 heavy (non-hydrogen) atoms. The quantitative estimate of drug-likeness (QED) is 0.172. The van der Waals surface area contributed by atoms with E-state index in [1.165, 1.54) is 18.0 Å². The van der Waals surface area contributed by atoms with E-state index in [9.17, 15) is 4.79 Å². The van der Waals surface area contributed by atoms with Gasteiger partial charge in [0.05, 0.1) is 29.2 Å². The van der Waals surface area contributed by atoms with Gasteiger partial charge in [0.2, 0.25) is 5.82 Å². The van der Waals surface area contributed by atoms with E-state index >= 15 is 0 Å². The number of nitrogens with zero attached hydrogens (tertiary/aromatic N) is 3. The second kappa shape index (κ2) is 11.0. The number of benzene rings is 4. The van der Waals surface area contributed by atoms with Gasteiger partial charge in [-0.15, -0.1) is 0 Å². The Morgan fingerprint density at radius 1 is 1.02 bits per heavy atom. The molecule has 0 aliphatic carbocycles. The molecule has 6 rings (SSSR count). The van der Waals surface area contributed by atoms with Gasteiger partial charge in [-0.2, -0.15) is 9.78 Å². The Bertz CT molecular complexity index is 1950. The molecule has 198 valence electrons. The summed E-state index contributed by atoms with van der Waals surface area (Å²) < 4.78 is 19.7. The molecule has 0 atom stereocenters. The van der Waals surface area contributed by atoms with E-state index in [4.69, 9.17) is 30.5 Å². The van der Waals surface area contributed by atoms with Crippen molar-refractivity contribution in [2.75, 3.05) is 7.11 Å². The van der Waals surface area contributed by atoms with E-state index in [1.54, 1.807) is 30.3 Å². The van der Waals surface area contributed by atoms with E-state index < -0.39 is 0 Å². The minimum absolute atomic E-state index is 0.271. The summed E-state index contributed by atoms with van der Waals surface area (Å²) in [6, 6.07) is 27.8. The Balaban J connectivity index is 1.41. The van der Waals surface area contributed by atoms with E-state index in [2.05, 4.69) is 21.0 Å². The van der Waals surface area contributed by atoms with Crippen LogP contribution in [0, 0.1) is 0 Å². The average Bonchev–Trinajstić information content (AvgIpc) is 3.39. The van der Waals surface area contributed by atoms with Gasteiger partial charge in [0.1, 0.15) is 12.2 Å². The van der Waals surface area contributed by atoms with Crippen LogP contribution in [0.5, 0.6) is 11.5 Å². The van der Waals surface area contributed by atoms with Crippen molar-refractivity contribution in [3.63, 3.8) is 0 Å². The molecule has 0 spiro atoms. The first kappa shape index (κ1) is 25.9. The summed E-state index contributed by atoms with van der Waals surface area (Å²) in [5, 5.41) is 6.17. The van der Waals surface area contributed by atoms with Crippen molar-refractivity contribution < 1.29 is 13.9 Å². The van der Waals surface area contributed by atoms with Gasteiger partial charge in [0.15, 0.2) is 17.3 Å². The third-order valence-electron chi connectivity index (χ3n) is 6.25. The minimum Gasteiger partial charge on any atom is -0.493 e. The Labute approximate surface area is 242 Å². The Kier molecular flexibility index (Phi) is 7.11. The zero-order chi connectivity index (χ0) is 27.6. The predicted octanol–water partition coefficient (Wildman–Crippen LogP) is 7.70. The molecule has 0 radical (unpaired) electrons. The summed E-state index contributed by atoms with van der Waals surface area (Å²) in [6.07, 6.45) is 1.52. The lowest BCUT2D eigenvalue weighted by Crippen LogP contribution is -2.20. The van der Waals surface area contributed by atoms with Crippen LogP contribution in [-0.2, 0) is 6.61 Å². The van der Waals surface area contributed by atoms with E-state index in [0.717, 1.165) is 15.4 Å². The third-order valence-corrected chi connectivity index (χ3v) is 7.03. The topological polar surface area (TPSA) is 78.9 Å². The van der Waals surface area contributed by atoms with Crippen LogP contribution in [0.2, 0.25) is 5.02 Å². The lowest BCUT2D eigenvalue weighted by molar-refractivity contribution is 0.284. The summed E-state index contributed by atoms with van der Waals surface area (Å²) >= 11 is 10.1. The highest BCUT2D eigenvalue weighted by Crippen LogP contribution is 2.37. The number of halogens is 2. The normalized spacial score (nSPS) is 11.5. The van der Waals surface area contributed by atoms with Crippen LogP contribution in [-0.4, -0.2) is 23.0 Å². The van der Waals surface area contributed by atoms with E-state index in [-0.39, 0.29) is 11.4 Å². The first-order chi connectivity index (χ1) is 19.5. The third kappa shape index (κ3) is 5.11. The first-order valence-electron chi connectivity index (χ1n) is 12.3. The summed E-state index contributed by atoms with van der Waals surface area (Å²) in [5.41, 5.74) is 2.48. The molecule has 0 amide bonds. The number of fused-ring (bicyclic) bond motifs is 2. The number of hydrogen-bond donors (Lipinski definition) is 0. The van der Waals surface area contributed by atoms with Crippen molar-refractivity contribution in [3.05, 3.63) is 122 Å². The molecule has 0 fully saturated rings. The second-order valence-electron chi connectivity index (χ2n) is 8.92. The fourth-order valence-corrected chi connectivity index (χ4v) is 4.98. The molecule has 0 aliphatic rings. The highest BCUT2D eigenvalue weighted by Gasteiger charge is 2.17. The van der Waals surface area contributed by atoms with Crippen LogP contribution in [0.4, 0.5) is 0 Å². The van der Waals surface area contributed by atoms with Gasteiger partial charge < -0.3 is 13.9 Å². The molecular formula is C31H21BrClN3O4. The van der Waals surface area contributed by atoms with Crippen molar-refractivity contribution in [1.82, 2.24) is 9.66 Å². The van der Waals surface area contributed by atoms with Crippen molar-refractivity contribution in [2.45, 2.75) is 6.61 Å². The zero-order valence-corrected chi connectivity index (χ0v) is 23.5. The highest BCUT2D eigenvalue weighted by atomic mass is 79.9. The van der Waals surface area contributed by atoms with Crippen molar-refractivity contribution in [3.8, 4) is 23.1 Å². The molecule has 0 unspecified atom stereocenters. The molecule has 7 nitrogen and oxygen atoms in total. The largest absolute Gasteiger partial charge is 0.493 e. The lowest BCUT2D eigenvalue weighted by atomic mass is 10.2. The fraction of sp³-hybridized carbons (Fsp3) is 0.0645. The maximum Gasteiger partial charge on any atom is 0.282 e. The maximum atomic E-state index is 13.6. The number of furan rings is 1. The van der Waals surface area contributed by atoms with Crippen LogP contribution >= 0.6 is 27.5 Å². The van der Waals surface area contributed by atoms with Gasteiger partial charge in [-0.1, -0.05) is 70.0 Å². The van der Waals surface area contributed by atoms with Crippen LogP contribution in [0.3, 0.4) is 0 Å². The standard InChI is InChI=1S/C31H21BrClN3O4/c1-38-27-14-20(13-24(33)29(27)39-18-19-7-3-2-4-8-19)17-34-36-30(35-25-10-6-5-9-23(25)31(36)37)28-16-21-15-22(32)11-12-26(21)40-28/h2-17H,18H2,1H3. The Hall–Kier alpha value is -4.40. The molecule has 0 saturated carbocycles. The van der Waals surface area contributed by atoms with Gasteiger partial charge in [-0.25, -0.2) is 4.98 Å². The molecule has 9 heteroatoms. The van der Waals surface area contributed by atoms with Crippen molar-refractivity contribution >= 4 is 55.6 Å². The Morgan fingerprint density at radius 2 is 1.82 bits per heavy atom. The SMILES string of the molecule is COc1cc(C=Nn2c(-c3cc4cc(Br)ccc4o3)nc3ccccc3c2=O)cc(Cl)c1OCc1ccccc1. The molecule has 6 aromatic rings. The smallest absolute Gasteiger partial charge is 0.282 e. The lowest BCUT2D eigenvalue weighted by Gasteiger charge is -2.13. The van der Waals surface area contributed by atoms with E-state index in [1.807, 2.05) is 60.7 Å². The second-order valence-corrected chi connectivity index (χ2v) is 10.2. The van der Waals surface area contributed by atoms with Crippen molar-refractivity contribution in [1.29, 1.82) is 0 Å². The van der Waals surface area contributed by atoms with Crippen molar-refractivity contribution in [2.24, 2.45) is 5.10 Å². The van der Waals surface area contributed by atoms with Gasteiger partial charge in [-0.05, 0) is 59.7 Å². The molecule has 4 aromatic carbocycles. The van der Waals surface area contributed by atoms with Crippen LogP contribution in [0.15, 0.2) is 110 Å². The molecule has 0 bridgehead atoms. The average molecular weight is 615 g/mol. The number of aromatic nitrogens is 2. The van der Waals surface area contributed by atoms with Crippen LogP contribution < -0.4 is 15.0 Å². The molecule has 2 aromatic heterocycles. The number of methoxy groups -OCH3 is 1. The molecule has 0 N–H and O–H groups in total. The first-order valence-corrected chi connectivity index (χ1v) is 13.5. The predicted molar refractivity (Wildman–Crippen MR) is 161 cm³/mol. The van der Waals surface area contributed by atoms with Crippen LogP contribution in [0.25, 0.3) is 33.5 Å². The highest BCUT2D eigenvalue weighted by molar-refractivity contribution is 9.10. The molecule has 2 heterocycles. The fourth-order valence-electron chi connectivity index (χ4n) is 4.32. The maximum absolute atomic E-state index is 13.6. The Morgan fingerprint density at radius 3 is 2.65 bits per heavy atom. The number of hydrogen-bond acceptors (Lipinski definition) is 6. The molecular weight excluding hydrogens is 594 g/mol. The van der Waals surface area contributed by atoms with Crippen LogP contribution in [0.1, 0.15) is 11.1 Å². The molecule has 0 aliphatic heterocycles. The van der Waals surface area contributed by atoms with E-state index in [0.29, 0.717) is 50.9 Å². The summed E-state index contributed by atoms with van der Waals surface area (Å²) in [7, 11) is 1.54. The summed E-state index contributed by atoms with van der Waals surface area (Å²) in [5.74, 6) is 1.54. The summed E-state index contributed by atoms with van der Waals surface area (Å²) in [4.78, 5) is 18.3. The van der Waals surface area contributed by atoms with Gasteiger partial charge in [-0.3, -0.25) is 4.79 Å². The molecule has 0 saturated heterocycles. The van der Waals surface area contributed by atoms with Gasteiger partial charge in [0, 0.05) is 9.86 Å². The van der Waals surface area contributed by atoms with Gasteiger partial charge >= 0.3 is 0 Å². The number of para-hydroxylation sites is 1. The monoisotopic (exact) mass is 613 g/mol. The van der Waals surface area contributed by atoms with Gasteiger partial charge in [0.25, 0.3) is 5.56 Å². The number of rotatable bonds is 7. The zero-order valence-electron chi connectivity index (χ0n) is 21.2.